The third-order valence-electron chi connectivity index (χ3n) is 3.68. The van der Waals surface area contributed by atoms with Crippen molar-refractivity contribution in [2.24, 2.45) is 0 Å². The van der Waals surface area contributed by atoms with Crippen LogP contribution in [-0.4, -0.2) is 36.4 Å². The van der Waals surface area contributed by atoms with E-state index in [1.165, 1.54) is 0 Å². The van der Waals surface area contributed by atoms with Gasteiger partial charge in [-0.25, -0.2) is 0 Å². The van der Waals surface area contributed by atoms with Crippen molar-refractivity contribution in [3.63, 3.8) is 0 Å². The van der Waals surface area contributed by atoms with Gasteiger partial charge in [-0.1, -0.05) is 0 Å². The first-order valence-electron chi connectivity index (χ1n) is 7.40. The Morgan fingerprint density at radius 2 is 2.36 bits per heavy atom. The average molecular weight is 321 g/mol. The summed E-state index contributed by atoms with van der Waals surface area (Å²) in [6.45, 7) is 3.25. The zero-order valence-electron chi connectivity index (χ0n) is 12.3. The summed E-state index contributed by atoms with van der Waals surface area (Å²) in [4.78, 5) is 11.6. The number of benzene rings is 1. The molecule has 0 bridgehead atoms. The molecule has 2 heterocycles. The zero-order chi connectivity index (χ0) is 15.5. The fourth-order valence-electron chi connectivity index (χ4n) is 2.47. The van der Waals surface area contributed by atoms with Gasteiger partial charge in [0, 0.05) is 18.8 Å². The van der Waals surface area contributed by atoms with Crippen molar-refractivity contribution in [2.75, 3.05) is 23.8 Å². The van der Waals surface area contributed by atoms with Gasteiger partial charge in [-0.3, -0.25) is 4.79 Å². The molecule has 1 aromatic carbocycles. The van der Waals surface area contributed by atoms with E-state index in [4.69, 9.17) is 21.7 Å². The van der Waals surface area contributed by atoms with Gasteiger partial charge >= 0.3 is 0 Å². The van der Waals surface area contributed by atoms with Gasteiger partial charge in [0.25, 0.3) is 5.91 Å². The van der Waals surface area contributed by atoms with E-state index in [0.717, 1.165) is 25.1 Å². The molecule has 0 aromatic heterocycles. The maximum absolute atomic E-state index is 11.6. The number of fused-ring (bicyclic) bond motifs is 1. The maximum atomic E-state index is 11.6. The van der Waals surface area contributed by atoms with Crippen LogP contribution in [0, 0.1) is 0 Å². The van der Waals surface area contributed by atoms with Crippen LogP contribution in [0.1, 0.15) is 19.8 Å². The number of ether oxygens (including phenoxy) is 2. The third kappa shape index (κ3) is 3.48. The molecule has 1 amide bonds. The Morgan fingerprint density at radius 1 is 1.50 bits per heavy atom. The Hall–Kier alpha value is -1.86. The summed E-state index contributed by atoms with van der Waals surface area (Å²) in [5.74, 6) is 0.514. The summed E-state index contributed by atoms with van der Waals surface area (Å²) >= 11 is 5.27. The molecule has 118 valence electrons. The molecule has 0 saturated carbocycles. The molecule has 7 heteroatoms. The number of anilines is 2. The number of carbonyl (C=O) groups is 1. The fourth-order valence-corrected chi connectivity index (χ4v) is 2.67. The first kappa shape index (κ1) is 15.1. The quantitative estimate of drug-likeness (QED) is 0.738. The van der Waals surface area contributed by atoms with Gasteiger partial charge < -0.3 is 25.4 Å². The maximum Gasteiger partial charge on any atom is 0.265 e. The van der Waals surface area contributed by atoms with Gasteiger partial charge in [0.05, 0.1) is 11.8 Å². The topological polar surface area (TPSA) is 71.6 Å². The predicted octanol–water partition coefficient (Wildman–Crippen LogP) is 1.87. The first-order chi connectivity index (χ1) is 10.6. The van der Waals surface area contributed by atoms with E-state index < -0.39 is 6.10 Å². The van der Waals surface area contributed by atoms with Crippen LogP contribution in [0.3, 0.4) is 0 Å². The fraction of sp³-hybridized carbons (Fsp3) is 0.467. The molecule has 1 aromatic rings. The average Bonchev–Trinajstić information content (AvgIpc) is 3.00. The number of rotatable bonds is 3. The van der Waals surface area contributed by atoms with Crippen LogP contribution in [0.25, 0.3) is 0 Å². The Bertz CT molecular complexity index is 587. The molecule has 2 atom stereocenters. The molecule has 1 saturated heterocycles. The summed E-state index contributed by atoms with van der Waals surface area (Å²) in [5.41, 5.74) is 1.44. The lowest BCUT2D eigenvalue weighted by molar-refractivity contribution is -0.122. The molecule has 2 aliphatic rings. The highest BCUT2D eigenvalue weighted by atomic mass is 32.1. The Kier molecular flexibility index (Phi) is 4.44. The SMILES string of the molecule is C[C@H]1Oc2ccc(NC(=S)NC[C@H]3CCCO3)cc2NC1=O. The molecule has 3 N–H and O–H groups in total. The van der Waals surface area contributed by atoms with Crippen molar-refractivity contribution < 1.29 is 14.3 Å². The zero-order valence-corrected chi connectivity index (χ0v) is 13.2. The van der Waals surface area contributed by atoms with Crippen LogP contribution in [0.15, 0.2) is 18.2 Å². The van der Waals surface area contributed by atoms with E-state index in [-0.39, 0.29) is 12.0 Å². The van der Waals surface area contributed by atoms with E-state index in [0.29, 0.717) is 23.1 Å². The largest absolute Gasteiger partial charge is 0.479 e. The number of hydrogen-bond acceptors (Lipinski definition) is 4. The monoisotopic (exact) mass is 321 g/mol. The molecular weight excluding hydrogens is 302 g/mol. The van der Waals surface area contributed by atoms with E-state index in [1.54, 1.807) is 13.0 Å². The summed E-state index contributed by atoms with van der Waals surface area (Å²) < 4.78 is 11.1. The van der Waals surface area contributed by atoms with Gasteiger partial charge in [-0.2, -0.15) is 0 Å². The van der Waals surface area contributed by atoms with E-state index >= 15 is 0 Å². The summed E-state index contributed by atoms with van der Waals surface area (Å²) in [7, 11) is 0. The van der Waals surface area contributed by atoms with Crippen LogP contribution in [0.4, 0.5) is 11.4 Å². The van der Waals surface area contributed by atoms with Crippen molar-refractivity contribution in [2.45, 2.75) is 32.0 Å². The second kappa shape index (κ2) is 6.50. The number of amides is 1. The van der Waals surface area contributed by atoms with E-state index in [1.807, 2.05) is 12.1 Å². The molecule has 1 fully saturated rings. The lowest BCUT2D eigenvalue weighted by Crippen LogP contribution is -2.35. The Balaban J connectivity index is 1.57. The molecule has 0 unspecified atom stereocenters. The van der Waals surface area contributed by atoms with Gasteiger partial charge in [0.1, 0.15) is 5.75 Å². The Labute approximate surface area is 134 Å². The first-order valence-corrected chi connectivity index (χ1v) is 7.80. The van der Waals surface area contributed by atoms with E-state index in [2.05, 4.69) is 16.0 Å². The van der Waals surface area contributed by atoms with Crippen molar-refractivity contribution in [3.05, 3.63) is 18.2 Å². The normalized spacial score (nSPS) is 23.2. The predicted molar refractivity (Wildman–Crippen MR) is 88.4 cm³/mol. The van der Waals surface area contributed by atoms with Crippen LogP contribution in [-0.2, 0) is 9.53 Å². The van der Waals surface area contributed by atoms with Crippen LogP contribution >= 0.6 is 12.2 Å². The highest BCUT2D eigenvalue weighted by Crippen LogP contribution is 2.32. The molecule has 0 aliphatic carbocycles. The number of hydrogen-bond donors (Lipinski definition) is 3. The van der Waals surface area contributed by atoms with Crippen molar-refractivity contribution in [3.8, 4) is 5.75 Å². The highest BCUT2D eigenvalue weighted by molar-refractivity contribution is 7.80. The van der Waals surface area contributed by atoms with Crippen LogP contribution in [0.2, 0.25) is 0 Å². The minimum atomic E-state index is -0.472. The molecule has 3 rings (SSSR count). The van der Waals surface area contributed by atoms with E-state index in [9.17, 15) is 4.79 Å². The third-order valence-corrected chi connectivity index (χ3v) is 3.93. The van der Waals surface area contributed by atoms with Crippen LogP contribution < -0.4 is 20.7 Å². The smallest absolute Gasteiger partial charge is 0.265 e. The second-order valence-corrected chi connectivity index (χ2v) is 5.84. The minimum Gasteiger partial charge on any atom is -0.479 e. The molecule has 0 radical (unpaired) electrons. The van der Waals surface area contributed by atoms with Crippen molar-refractivity contribution in [1.82, 2.24) is 5.32 Å². The Morgan fingerprint density at radius 3 is 3.14 bits per heavy atom. The lowest BCUT2D eigenvalue weighted by Gasteiger charge is -2.24. The van der Waals surface area contributed by atoms with Gasteiger partial charge in [0.2, 0.25) is 0 Å². The van der Waals surface area contributed by atoms with Crippen molar-refractivity contribution >= 4 is 34.6 Å². The van der Waals surface area contributed by atoms with Crippen LogP contribution in [0.5, 0.6) is 5.75 Å². The lowest BCUT2D eigenvalue weighted by atomic mass is 10.2. The van der Waals surface area contributed by atoms with Gasteiger partial charge in [0.15, 0.2) is 11.2 Å². The molecule has 2 aliphatic heterocycles. The minimum absolute atomic E-state index is 0.149. The molecule has 0 spiro atoms. The summed E-state index contributed by atoms with van der Waals surface area (Å²) in [5, 5.41) is 9.59. The summed E-state index contributed by atoms with van der Waals surface area (Å²) in [6, 6.07) is 5.48. The van der Waals surface area contributed by atoms with Crippen molar-refractivity contribution in [1.29, 1.82) is 0 Å². The second-order valence-electron chi connectivity index (χ2n) is 5.43. The highest BCUT2D eigenvalue weighted by Gasteiger charge is 2.23. The summed E-state index contributed by atoms with van der Waals surface area (Å²) in [6.07, 6.45) is 1.93. The number of nitrogens with one attached hydrogen (secondary N) is 3. The molecular formula is C15H19N3O3S. The van der Waals surface area contributed by atoms with Gasteiger partial charge in [-0.05, 0) is 50.2 Å². The molecule has 6 nitrogen and oxygen atoms in total. The van der Waals surface area contributed by atoms with Gasteiger partial charge in [-0.15, -0.1) is 0 Å². The standard InChI is InChI=1S/C15H19N3O3S/c1-9-14(19)18-12-7-10(4-5-13(12)21-9)17-15(22)16-8-11-3-2-6-20-11/h4-5,7,9,11H,2-3,6,8H2,1H3,(H,18,19)(H2,16,17,22)/t9-,11-/m1/s1. The number of thiocarbonyl (C=S) groups is 1. The molecule has 22 heavy (non-hydrogen) atoms. The number of carbonyl (C=O) groups excluding carboxylic acids is 1.